The largest absolute Gasteiger partial charge is 0.843 e. The average Bonchev–Trinajstić information content (AvgIpc) is 2.44. The van der Waals surface area contributed by atoms with Gasteiger partial charge in [-0.1, -0.05) is 41.5 Å². The minimum Gasteiger partial charge on any atom is -0.843 e. The van der Waals surface area contributed by atoms with Crippen LogP contribution in [-0.2, 0) is 14.3 Å². The van der Waals surface area contributed by atoms with Gasteiger partial charge in [0, 0.05) is 12.0 Å². The number of hydrogen-bond acceptors (Lipinski definition) is 4. The predicted molar refractivity (Wildman–Crippen MR) is 87.5 cm³/mol. The van der Waals surface area contributed by atoms with Crippen LogP contribution in [0, 0.1) is 10.8 Å². The van der Waals surface area contributed by atoms with Crippen molar-refractivity contribution in [3.63, 3.8) is 0 Å². The molecule has 1 unspecified atom stereocenters. The Labute approximate surface area is 139 Å². The van der Waals surface area contributed by atoms with Crippen molar-refractivity contribution in [2.24, 2.45) is 10.8 Å². The second kappa shape index (κ2) is 5.66. The van der Waals surface area contributed by atoms with Gasteiger partial charge < -0.3 is 14.6 Å². The van der Waals surface area contributed by atoms with E-state index in [0.717, 1.165) is 6.42 Å². The zero-order valence-electron chi connectivity index (χ0n) is 15.6. The summed E-state index contributed by atoms with van der Waals surface area (Å²) in [5, 5.41) is 12.9. The molecule has 1 aliphatic heterocycles. The maximum atomic E-state index is 12.9. The molecule has 0 aromatic heterocycles. The molecule has 0 aromatic rings. The molecule has 1 heterocycles. The molecule has 4 heteroatoms. The molecule has 2 aliphatic rings. The number of rotatable bonds is 0. The highest BCUT2D eigenvalue weighted by Crippen LogP contribution is 2.45. The van der Waals surface area contributed by atoms with Gasteiger partial charge in [-0.3, -0.25) is 4.79 Å². The molecule has 1 aliphatic carbocycles. The van der Waals surface area contributed by atoms with Gasteiger partial charge in [-0.2, -0.15) is 0 Å². The summed E-state index contributed by atoms with van der Waals surface area (Å²) in [6.07, 6.45) is -0.824. The van der Waals surface area contributed by atoms with Crippen LogP contribution in [0.1, 0.15) is 61.8 Å². The number of ketones is 1. The zero-order chi connectivity index (χ0) is 17.7. The van der Waals surface area contributed by atoms with Crippen LogP contribution < -0.4 is 5.11 Å². The normalized spacial score (nSPS) is 29.8. The molecule has 1 fully saturated rings. The molecule has 0 bridgehead atoms. The van der Waals surface area contributed by atoms with Crippen molar-refractivity contribution in [1.29, 1.82) is 0 Å². The van der Waals surface area contributed by atoms with E-state index in [1.807, 2.05) is 55.4 Å². The van der Waals surface area contributed by atoms with E-state index in [0.29, 0.717) is 22.7 Å². The predicted octanol–water partition coefficient (Wildman–Crippen LogP) is 3.11. The number of ether oxygens (including phenoxy) is 2. The van der Waals surface area contributed by atoms with E-state index >= 15 is 0 Å². The monoisotopic (exact) mass is 321 g/mol. The summed E-state index contributed by atoms with van der Waals surface area (Å²) >= 11 is 0. The molecular weight excluding hydrogens is 292 g/mol. The van der Waals surface area contributed by atoms with Gasteiger partial charge in [-0.15, -0.1) is 0 Å². The van der Waals surface area contributed by atoms with E-state index in [1.54, 1.807) is 0 Å². The van der Waals surface area contributed by atoms with Crippen LogP contribution in [0.25, 0.3) is 0 Å². The van der Waals surface area contributed by atoms with Gasteiger partial charge in [-0.05, 0) is 36.4 Å². The van der Waals surface area contributed by atoms with Gasteiger partial charge in [-0.25, -0.2) is 0 Å². The van der Waals surface area contributed by atoms with Crippen LogP contribution >= 0.6 is 0 Å². The van der Waals surface area contributed by atoms with Gasteiger partial charge >= 0.3 is 0 Å². The first-order valence-corrected chi connectivity index (χ1v) is 8.37. The Morgan fingerprint density at radius 1 is 0.913 bits per heavy atom. The lowest BCUT2D eigenvalue weighted by Crippen LogP contribution is -2.47. The Morgan fingerprint density at radius 3 is 1.83 bits per heavy atom. The molecule has 0 aromatic carbocycles. The van der Waals surface area contributed by atoms with Crippen LogP contribution in [0.5, 0.6) is 0 Å². The molecule has 0 radical (unpaired) electrons. The van der Waals surface area contributed by atoms with Gasteiger partial charge in [0.25, 0.3) is 0 Å². The van der Waals surface area contributed by atoms with E-state index in [4.69, 9.17) is 9.47 Å². The Kier molecular flexibility index (Phi) is 4.44. The fourth-order valence-corrected chi connectivity index (χ4v) is 3.37. The first kappa shape index (κ1) is 18.1. The van der Waals surface area contributed by atoms with Crippen LogP contribution in [0.4, 0.5) is 0 Å². The summed E-state index contributed by atoms with van der Waals surface area (Å²) in [7, 11) is 0. The Bertz CT molecular complexity index is 569. The van der Waals surface area contributed by atoms with E-state index in [1.165, 1.54) is 0 Å². The smallest absolute Gasteiger partial charge is 0.168 e. The molecule has 0 amide bonds. The first-order chi connectivity index (χ1) is 10.3. The lowest BCUT2D eigenvalue weighted by molar-refractivity contribution is -0.393. The van der Waals surface area contributed by atoms with E-state index in [2.05, 4.69) is 0 Å². The van der Waals surface area contributed by atoms with Crippen molar-refractivity contribution in [2.75, 3.05) is 0 Å². The van der Waals surface area contributed by atoms with Gasteiger partial charge in [0.1, 0.15) is 0 Å². The topological polar surface area (TPSA) is 58.6 Å². The molecule has 4 nitrogen and oxygen atoms in total. The molecule has 0 N–H and O–H groups in total. The van der Waals surface area contributed by atoms with E-state index in [-0.39, 0.29) is 18.0 Å². The molecule has 0 spiro atoms. The maximum Gasteiger partial charge on any atom is 0.168 e. The molecule has 0 saturated carbocycles. The molecule has 130 valence electrons. The fourth-order valence-electron chi connectivity index (χ4n) is 3.37. The second-order valence-electron chi connectivity index (χ2n) is 8.78. The maximum absolute atomic E-state index is 12.9. The number of hydrogen-bond donors (Lipinski definition) is 0. The van der Waals surface area contributed by atoms with Crippen LogP contribution in [0.15, 0.2) is 22.7 Å². The van der Waals surface area contributed by atoms with Crippen LogP contribution in [0.3, 0.4) is 0 Å². The summed E-state index contributed by atoms with van der Waals surface area (Å²) in [5.41, 5.74) is 0.0382. The minimum atomic E-state index is -1.42. The Morgan fingerprint density at radius 2 is 1.39 bits per heavy atom. The van der Waals surface area contributed by atoms with Crippen molar-refractivity contribution in [2.45, 2.75) is 80.1 Å². The average molecular weight is 321 g/mol. The molecule has 1 saturated heterocycles. The third-order valence-corrected chi connectivity index (χ3v) is 4.28. The number of carbonyl (C=O) groups is 1. The minimum absolute atomic E-state index is 0.0588. The van der Waals surface area contributed by atoms with Crippen LogP contribution in [-0.4, -0.2) is 24.1 Å². The van der Waals surface area contributed by atoms with E-state index in [9.17, 15) is 9.90 Å². The summed E-state index contributed by atoms with van der Waals surface area (Å²) in [5.74, 6) is 0.599. The lowest BCUT2D eigenvalue weighted by Gasteiger charge is -2.42. The van der Waals surface area contributed by atoms with Crippen molar-refractivity contribution in [1.82, 2.24) is 0 Å². The third-order valence-electron chi connectivity index (χ3n) is 4.28. The molecule has 3 atom stereocenters. The molecular formula is C19H29O4-. The van der Waals surface area contributed by atoms with Crippen LogP contribution in [0.2, 0.25) is 0 Å². The number of carbonyl (C=O) groups excluding carboxylic acids is 1. The molecule has 23 heavy (non-hydrogen) atoms. The number of Topliss-reactive ketones (excluding diaryl/α,β-unsaturated/α-hetero) is 1. The van der Waals surface area contributed by atoms with Crippen molar-refractivity contribution in [3.8, 4) is 0 Å². The summed E-state index contributed by atoms with van der Waals surface area (Å²) in [6, 6.07) is 0. The molecule has 2 rings (SSSR count). The SMILES string of the molecule is C[C@H]1C[C@H](C)OC2=C(C(C)(C)C)C([O-])C(=O)C(C(C)(C)C)=C2O1. The summed E-state index contributed by atoms with van der Waals surface area (Å²) in [6.45, 7) is 15.6. The van der Waals surface area contributed by atoms with Crippen molar-refractivity contribution >= 4 is 5.78 Å². The highest BCUT2D eigenvalue weighted by atomic mass is 16.6. The Balaban J connectivity index is 2.80. The summed E-state index contributed by atoms with van der Waals surface area (Å²) in [4.78, 5) is 12.8. The van der Waals surface area contributed by atoms with E-state index < -0.39 is 16.9 Å². The zero-order valence-corrected chi connectivity index (χ0v) is 15.6. The van der Waals surface area contributed by atoms with Gasteiger partial charge in [0.05, 0.1) is 12.2 Å². The van der Waals surface area contributed by atoms with Gasteiger partial charge in [0.15, 0.2) is 17.3 Å². The second-order valence-corrected chi connectivity index (χ2v) is 8.78. The summed E-state index contributed by atoms with van der Waals surface area (Å²) < 4.78 is 12.2. The lowest BCUT2D eigenvalue weighted by atomic mass is 9.71. The Hall–Kier alpha value is -1.29. The quantitative estimate of drug-likeness (QED) is 0.688. The standard InChI is InChI=1S/C19H29O4/c1-10-9-11(2)23-17-13(19(6,7)8)15(21)14(20)12(16(17)22-10)18(3,4)5/h10-11,14H,9H2,1-8H3/q-1/t10-,11-,14?/m0/s1. The van der Waals surface area contributed by atoms with Crippen molar-refractivity contribution < 1.29 is 19.4 Å². The number of fused-ring (bicyclic) bond motifs is 1. The fraction of sp³-hybridized carbons (Fsp3) is 0.737. The van der Waals surface area contributed by atoms with Crippen molar-refractivity contribution in [3.05, 3.63) is 22.7 Å². The van der Waals surface area contributed by atoms with Gasteiger partial charge in [0.2, 0.25) is 0 Å². The first-order valence-electron chi connectivity index (χ1n) is 8.37. The highest BCUT2D eigenvalue weighted by Gasteiger charge is 2.43. The highest BCUT2D eigenvalue weighted by molar-refractivity contribution is 6.04. The third kappa shape index (κ3) is 3.32.